The van der Waals surface area contributed by atoms with Gasteiger partial charge in [0.15, 0.2) is 5.69 Å². The second-order valence-corrected chi connectivity index (χ2v) is 6.26. The second kappa shape index (κ2) is 7.99. The molecule has 140 valence electrons. The van der Waals surface area contributed by atoms with Crippen LogP contribution in [0.15, 0.2) is 54.7 Å². The lowest BCUT2D eigenvalue weighted by atomic mass is 10.1. The highest BCUT2D eigenvalue weighted by atomic mass is 19.1. The van der Waals surface area contributed by atoms with Gasteiger partial charge in [0.1, 0.15) is 11.6 Å². The zero-order valence-corrected chi connectivity index (χ0v) is 15.5. The van der Waals surface area contributed by atoms with Crippen molar-refractivity contribution in [2.45, 2.75) is 19.5 Å². The molecule has 0 aliphatic carbocycles. The molecular formula is C20H21FN4O2. The normalized spacial score (nSPS) is 11.9. The number of halogens is 1. The van der Waals surface area contributed by atoms with Gasteiger partial charge in [-0.2, -0.15) is 0 Å². The molecule has 1 heterocycles. The molecule has 0 aliphatic heterocycles. The summed E-state index contributed by atoms with van der Waals surface area (Å²) in [5, 5.41) is 7.90. The number of amides is 1. The van der Waals surface area contributed by atoms with Crippen molar-refractivity contribution in [3.63, 3.8) is 0 Å². The average molecular weight is 368 g/mol. The van der Waals surface area contributed by atoms with Gasteiger partial charge in [0.2, 0.25) is 0 Å². The van der Waals surface area contributed by atoms with Crippen molar-refractivity contribution in [3.05, 3.63) is 77.4 Å². The maximum atomic E-state index is 13.8. The molecule has 0 spiro atoms. The van der Waals surface area contributed by atoms with Crippen LogP contribution in [-0.4, -0.2) is 40.0 Å². The van der Waals surface area contributed by atoms with Crippen LogP contribution in [-0.2, 0) is 6.54 Å². The number of ether oxygens (including phenoxy) is 1. The van der Waals surface area contributed by atoms with Crippen molar-refractivity contribution in [2.75, 3.05) is 14.2 Å². The van der Waals surface area contributed by atoms with E-state index in [0.717, 1.165) is 11.3 Å². The smallest absolute Gasteiger partial charge is 0.276 e. The molecule has 2 aromatic carbocycles. The molecule has 1 aromatic heterocycles. The SMILES string of the molecule is COc1cccc(C(C)N(C)C(=O)c2cn(Cc3ccccc3F)nn2)c1. The third-order valence-corrected chi connectivity index (χ3v) is 4.53. The van der Waals surface area contributed by atoms with E-state index in [1.807, 2.05) is 31.2 Å². The van der Waals surface area contributed by atoms with E-state index in [1.165, 1.54) is 16.9 Å². The van der Waals surface area contributed by atoms with E-state index in [0.29, 0.717) is 5.56 Å². The molecule has 0 radical (unpaired) electrons. The molecule has 3 rings (SSSR count). The topological polar surface area (TPSA) is 60.2 Å². The summed E-state index contributed by atoms with van der Waals surface area (Å²) in [7, 11) is 3.31. The van der Waals surface area contributed by atoms with Crippen molar-refractivity contribution in [3.8, 4) is 5.75 Å². The lowest BCUT2D eigenvalue weighted by molar-refractivity contribution is 0.0736. The standard InChI is InChI=1S/C20H21FN4O2/c1-14(15-8-6-9-17(11-15)27-3)24(2)20(26)19-13-25(23-22-19)12-16-7-4-5-10-18(16)21/h4-11,13-14H,12H2,1-3H3. The predicted molar refractivity (Wildman–Crippen MR) is 99.0 cm³/mol. The number of methoxy groups -OCH3 is 1. The van der Waals surface area contributed by atoms with Gasteiger partial charge in [0.25, 0.3) is 5.91 Å². The molecule has 0 fully saturated rings. The molecule has 1 atom stereocenters. The number of carbonyl (C=O) groups is 1. The van der Waals surface area contributed by atoms with Crippen LogP contribution in [0, 0.1) is 5.82 Å². The molecular weight excluding hydrogens is 347 g/mol. The van der Waals surface area contributed by atoms with Gasteiger partial charge in [-0.1, -0.05) is 35.5 Å². The third kappa shape index (κ3) is 4.13. The van der Waals surface area contributed by atoms with Crippen molar-refractivity contribution in [1.82, 2.24) is 19.9 Å². The summed E-state index contributed by atoms with van der Waals surface area (Å²) < 4.78 is 20.5. The summed E-state index contributed by atoms with van der Waals surface area (Å²) in [5.41, 5.74) is 1.65. The lowest BCUT2D eigenvalue weighted by Gasteiger charge is -2.24. The lowest BCUT2D eigenvalue weighted by Crippen LogP contribution is -2.30. The summed E-state index contributed by atoms with van der Waals surface area (Å²) in [6.07, 6.45) is 1.53. The van der Waals surface area contributed by atoms with E-state index < -0.39 is 0 Å². The Bertz CT molecular complexity index is 941. The molecule has 0 saturated carbocycles. The minimum atomic E-state index is -0.315. The Labute approximate surface area is 157 Å². The molecule has 3 aromatic rings. The van der Waals surface area contributed by atoms with E-state index in [4.69, 9.17) is 4.74 Å². The summed E-state index contributed by atoms with van der Waals surface area (Å²) in [6, 6.07) is 13.8. The van der Waals surface area contributed by atoms with Crippen molar-refractivity contribution in [2.24, 2.45) is 0 Å². The predicted octanol–water partition coefficient (Wildman–Crippen LogP) is 3.31. The molecule has 1 amide bonds. The molecule has 0 saturated heterocycles. The summed E-state index contributed by atoms with van der Waals surface area (Å²) in [4.78, 5) is 14.3. The number of carbonyl (C=O) groups excluding carboxylic acids is 1. The first kappa shape index (κ1) is 18.6. The van der Waals surface area contributed by atoms with Gasteiger partial charge in [-0.25, -0.2) is 9.07 Å². The van der Waals surface area contributed by atoms with Crippen LogP contribution in [0.4, 0.5) is 4.39 Å². The van der Waals surface area contributed by atoms with Crippen molar-refractivity contribution < 1.29 is 13.9 Å². The highest BCUT2D eigenvalue weighted by Crippen LogP contribution is 2.24. The fraction of sp³-hybridized carbons (Fsp3) is 0.250. The molecule has 1 unspecified atom stereocenters. The van der Waals surface area contributed by atoms with Crippen molar-refractivity contribution >= 4 is 5.91 Å². The third-order valence-electron chi connectivity index (χ3n) is 4.53. The molecule has 7 heteroatoms. The highest BCUT2D eigenvalue weighted by molar-refractivity contribution is 5.92. The zero-order chi connectivity index (χ0) is 19.4. The molecule has 27 heavy (non-hydrogen) atoms. The van der Waals surface area contributed by atoms with Crippen LogP contribution < -0.4 is 4.74 Å². The maximum Gasteiger partial charge on any atom is 0.276 e. The quantitative estimate of drug-likeness (QED) is 0.670. The molecule has 0 N–H and O–H groups in total. The Kier molecular flexibility index (Phi) is 5.49. The Balaban J connectivity index is 1.73. The van der Waals surface area contributed by atoms with Crippen LogP contribution in [0.25, 0.3) is 0 Å². The first-order chi connectivity index (χ1) is 13.0. The molecule has 0 aliphatic rings. The summed E-state index contributed by atoms with van der Waals surface area (Å²) in [6.45, 7) is 2.14. The van der Waals surface area contributed by atoms with E-state index in [1.54, 1.807) is 37.3 Å². The monoisotopic (exact) mass is 368 g/mol. The van der Waals surface area contributed by atoms with Crippen LogP contribution in [0.2, 0.25) is 0 Å². The van der Waals surface area contributed by atoms with Gasteiger partial charge in [-0.3, -0.25) is 4.79 Å². The Morgan fingerprint density at radius 1 is 1.26 bits per heavy atom. The van der Waals surface area contributed by atoms with Gasteiger partial charge < -0.3 is 9.64 Å². The van der Waals surface area contributed by atoms with E-state index in [-0.39, 0.29) is 30.0 Å². The minimum Gasteiger partial charge on any atom is -0.497 e. The first-order valence-electron chi connectivity index (χ1n) is 8.54. The molecule has 6 nitrogen and oxygen atoms in total. The van der Waals surface area contributed by atoms with E-state index in [2.05, 4.69) is 10.3 Å². The van der Waals surface area contributed by atoms with Crippen LogP contribution >= 0.6 is 0 Å². The fourth-order valence-electron chi connectivity index (χ4n) is 2.76. The van der Waals surface area contributed by atoms with Crippen molar-refractivity contribution in [1.29, 1.82) is 0 Å². The second-order valence-electron chi connectivity index (χ2n) is 6.26. The minimum absolute atomic E-state index is 0.177. The van der Waals surface area contributed by atoms with Gasteiger partial charge in [-0.15, -0.1) is 5.10 Å². The van der Waals surface area contributed by atoms with E-state index in [9.17, 15) is 9.18 Å². The fourth-order valence-corrected chi connectivity index (χ4v) is 2.76. The number of nitrogens with zero attached hydrogens (tertiary/aromatic N) is 4. The number of benzene rings is 2. The Morgan fingerprint density at radius 2 is 2.04 bits per heavy atom. The van der Waals surface area contributed by atoms with Gasteiger partial charge in [0.05, 0.1) is 25.9 Å². The van der Waals surface area contributed by atoms with Crippen LogP contribution in [0.5, 0.6) is 5.75 Å². The summed E-state index contributed by atoms with van der Waals surface area (Å²) in [5.74, 6) is 0.158. The van der Waals surface area contributed by atoms with Crippen LogP contribution in [0.1, 0.15) is 34.6 Å². The van der Waals surface area contributed by atoms with Gasteiger partial charge in [-0.05, 0) is 30.7 Å². The number of hydrogen-bond acceptors (Lipinski definition) is 4. The Morgan fingerprint density at radius 3 is 2.78 bits per heavy atom. The number of aromatic nitrogens is 3. The maximum absolute atomic E-state index is 13.8. The zero-order valence-electron chi connectivity index (χ0n) is 15.5. The largest absolute Gasteiger partial charge is 0.497 e. The number of hydrogen-bond donors (Lipinski definition) is 0. The Hall–Kier alpha value is -3.22. The van der Waals surface area contributed by atoms with Gasteiger partial charge in [0, 0.05) is 12.6 Å². The van der Waals surface area contributed by atoms with E-state index >= 15 is 0 Å². The average Bonchev–Trinajstić information content (AvgIpc) is 3.16. The highest BCUT2D eigenvalue weighted by Gasteiger charge is 2.22. The van der Waals surface area contributed by atoms with Gasteiger partial charge >= 0.3 is 0 Å². The number of rotatable bonds is 6. The van der Waals surface area contributed by atoms with Crippen LogP contribution in [0.3, 0.4) is 0 Å². The summed E-state index contributed by atoms with van der Waals surface area (Å²) >= 11 is 0. The molecule has 0 bridgehead atoms. The first-order valence-corrected chi connectivity index (χ1v) is 8.54.